The van der Waals surface area contributed by atoms with Crippen LogP contribution in [-0.2, 0) is 0 Å². The van der Waals surface area contributed by atoms with E-state index in [2.05, 4.69) is 11.1 Å². The van der Waals surface area contributed by atoms with E-state index in [1.807, 2.05) is 48.5 Å². The van der Waals surface area contributed by atoms with Crippen molar-refractivity contribution in [3.63, 3.8) is 0 Å². The molecule has 0 aliphatic rings. The van der Waals surface area contributed by atoms with Crippen LogP contribution in [0, 0.1) is 0 Å². The Bertz CT molecular complexity index is 989. The zero-order chi connectivity index (χ0) is 15.1. The predicted octanol–water partition coefficient (Wildman–Crippen LogP) is 4.24. The van der Waals surface area contributed by atoms with Crippen molar-refractivity contribution in [1.82, 2.24) is 4.98 Å². The second-order valence-corrected chi connectivity index (χ2v) is 5.11. The number of hydrogen-bond donors (Lipinski definition) is 1. The van der Waals surface area contributed by atoms with Crippen LogP contribution in [0.4, 0.5) is 5.69 Å². The second-order valence-electron chi connectivity index (χ2n) is 5.11. The van der Waals surface area contributed by atoms with Gasteiger partial charge in [-0.15, -0.1) is 0 Å². The Morgan fingerprint density at radius 3 is 2.73 bits per heavy atom. The van der Waals surface area contributed by atoms with E-state index in [4.69, 9.17) is 14.9 Å². The number of nitrogens with two attached hydrogens (primary N) is 1. The third-order valence-electron chi connectivity index (χ3n) is 3.76. The maximum atomic E-state index is 5.96. The zero-order valence-electron chi connectivity index (χ0n) is 12.0. The monoisotopic (exact) mass is 290 g/mol. The van der Waals surface area contributed by atoms with Crippen molar-refractivity contribution in [3.8, 4) is 17.2 Å². The fraction of sp³-hybridized carbons (Fsp3) is 0.0556. The molecule has 4 aromatic rings. The summed E-state index contributed by atoms with van der Waals surface area (Å²) in [6.45, 7) is 0. The lowest BCUT2D eigenvalue weighted by molar-refractivity contribution is 0.417. The van der Waals surface area contributed by atoms with E-state index >= 15 is 0 Å². The quantitative estimate of drug-likeness (QED) is 0.561. The molecule has 0 unspecified atom stereocenters. The zero-order valence-corrected chi connectivity index (χ0v) is 12.0. The van der Waals surface area contributed by atoms with Gasteiger partial charge in [0.25, 0.3) is 0 Å². The number of oxazole rings is 1. The minimum atomic E-state index is 0.556. The van der Waals surface area contributed by atoms with Crippen LogP contribution in [0.25, 0.3) is 33.3 Å². The molecule has 22 heavy (non-hydrogen) atoms. The van der Waals surface area contributed by atoms with Crippen LogP contribution in [0.3, 0.4) is 0 Å². The van der Waals surface area contributed by atoms with Crippen LogP contribution in [0.1, 0.15) is 0 Å². The molecule has 2 N–H and O–H groups in total. The smallest absolute Gasteiger partial charge is 0.227 e. The van der Waals surface area contributed by atoms with Gasteiger partial charge in [0.15, 0.2) is 5.58 Å². The number of methoxy groups -OCH3 is 1. The number of hydrogen-bond acceptors (Lipinski definition) is 4. The van der Waals surface area contributed by atoms with Crippen molar-refractivity contribution in [2.75, 3.05) is 12.8 Å². The van der Waals surface area contributed by atoms with Crippen molar-refractivity contribution in [1.29, 1.82) is 0 Å². The highest BCUT2D eigenvalue weighted by atomic mass is 16.5. The number of nitrogen functional groups attached to an aromatic ring is 1. The molecular weight excluding hydrogens is 276 g/mol. The first-order chi connectivity index (χ1) is 10.8. The molecule has 108 valence electrons. The van der Waals surface area contributed by atoms with Gasteiger partial charge in [0, 0.05) is 10.9 Å². The van der Waals surface area contributed by atoms with Crippen molar-refractivity contribution in [2.45, 2.75) is 0 Å². The highest BCUT2D eigenvalue weighted by Gasteiger charge is 2.12. The average molecular weight is 290 g/mol. The number of rotatable bonds is 2. The van der Waals surface area contributed by atoms with Crippen molar-refractivity contribution in [3.05, 3.63) is 54.6 Å². The largest absolute Gasteiger partial charge is 0.495 e. The van der Waals surface area contributed by atoms with Crippen molar-refractivity contribution >= 4 is 27.6 Å². The molecule has 0 bridgehead atoms. The molecule has 1 aromatic heterocycles. The lowest BCUT2D eigenvalue weighted by atomic mass is 10.1. The Labute approximate surface area is 127 Å². The number of anilines is 1. The maximum Gasteiger partial charge on any atom is 0.227 e. The van der Waals surface area contributed by atoms with E-state index in [-0.39, 0.29) is 0 Å². The Balaban J connectivity index is 1.92. The summed E-state index contributed by atoms with van der Waals surface area (Å²) in [6, 6.07) is 17.6. The summed E-state index contributed by atoms with van der Waals surface area (Å²) < 4.78 is 11.1. The first-order valence-corrected chi connectivity index (χ1v) is 6.98. The van der Waals surface area contributed by atoms with Crippen LogP contribution in [0.5, 0.6) is 5.75 Å². The lowest BCUT2D eigenvalue weighted by Crippen LogP contribution is -1.92. The van der Waals surface area contributed by atoms with Crippen LogP contribution >= 0.6 is 0 Å². The third-order valence-corrected chi connectivity index (χ3v) is 3.76. The molecule has 0 aliphatic heterocycles. The number of nitrogens with zero attached hydrogens (tertiary/aromatic N) is 1. The number of aromatic nitrogens is 1. The molecule has 4 heteroatoms. The van der Waals surface area contributed by atoms with Crippen LogP contribution in [0.2, 0.25) is 0 Å². The minimum absolute atomic E-state index is 0.556. The summed E-state index contributed by atoms with van der Waals surface area (Å²) in [4.78, 5) is 4.64. The Kier molecular flexibility index (Phi) is 2.76. The summed E-state index contributed by atoms with van der Waals surface area (Å²) in [5.74, 6) is 1.20. The van der Waals surface area contributed by atoms with Gasteiger partial charge >= 0.3 is 0 Å². The molecule has 0 radical (unpaired) electrons. The van der Waals surface area contributed by atoms with Gasteiger partial charge in [0.2, 0.25) is 5.89 Å². The Morgan fingerprint density at radius 1 is 1.05 bits per heavy atom. The number of benzene rings is 3. The van der Waals surface area contributed by atoms with E-state index in [1.54, 1.807) is 7.11 Å². The van der Waals surface area contributed by atoms with E-state index in [9.17, 15) is 0 Å². The van der Waals surface area contributed by atoms with Gasteiger partial charge < -0.3 is 14.9 Å². The van der Waals surface area contributed by atoms with E-state index < -0.39 is 0 Å². The molecule has 3 aromatic carbocycles. The minimum Gasteiger partial charge on any atom is -0.495 e. The SMILES string of the molecule is COc1ccc(-c2nc3c(ccc4ccccc43)o2)cc1N. The lowest BCUT2D eigenvalue weighted by Gasteiger charge is -2.04. The van der Waals surface area contributed by atoms with Gasteiger partial charge in [-0.1, -0.05) is 30.3 Å². The molecule has 4 rings (SSSR count). The summed E-state index contributed by atoms with van der Waals surface area (Å²) in [5.41, 5.74) is 8.98. The predicted molar refractivity (Wildman–Crippen MR) is 87.9 cm³/mol. The van der Waals surface area contributed by atoms with Gasteiger partial charge in [0.05, 0.1) is 12.8 Å². The van der Waals surface area contributed by atoms with Crippen molar-refractivity contribution in [2.24, 2.45) is 0 Å². The van der Waals surface area contributed by atoms with Gasteiger partial charge in [-0.25, -0.2) is 4.98 Å². The van der Waals surface area contributed by atoms with Gasteiger partial charge in [-0.3, -0.25) is 0 Å². The van der Waals surface area contributed by atoms with E-state index in [0.717, 1.165) is 27.4 Å². The first-order valence-electron chi connectivity index (χ1n) is 6.98. The summed E-state index contributed by atoms with van der Waals surface area (Å²) in [7, 11) is 1.59. The Hall–Kier alpha value is -3.01. The molecule has 0 amide bonds. The molecule has 0 aliphatic carbocycles. The van der Waals surface area contributed by atoms with Crippen LogP contribution in [-0.4, -0.2) is 12.1 Å². The normalized spacial score (nSPS) is 11.1. The summed E-state index contributed by atoms with van der Waals surface area (Å²) in [6.07, 6.45) is 0. The summed E-state index contributed by atoms with van der Waals surface area (Å²) >= 11 is 0. The molecule has 1 heterocycles. The van der Waals surface area contributed by atoms with Crippen LogP contribution in [0.15, 0.2) is 59.0 Å². The van der Waals surface area contributed by atoms with Gasteiger partial charge in [-0.2, -0.15) is 0 Å². The van der Waals surface area contributed by atoms with E-state index in [0.29, 0.717) is 17.3 Å². The number of fused-ring (bicyclic) bond motifs is 3. The molecule has 0 fully saturated rings. The Morgan fingerprint density at radius 2 is 1.91 bits per heavy atom. The first kappa shape index (κ1) is 12.7. The topological polar surface area (TPSA) is 61.3 Å². The standard InChI is InChI=1S/C18H14N2O2/c1-21-15-8-7-12(10-14(15)19)18-20-17-13-5-3-2-4-11(13)6-9-16(17)22-18/h2-10H,19H2,1H3. The van der Waals surface area contributed by atoms with Crippen LogP contribution < -0.4 is 10.5 Å². The van der Waals surface area contributed by atoms with Gasteiger partial charge in [0.1, 0.15) is 11.3 Å². The number of ether oxygens (including phenoxy) is 1. The molecule has 0 saturated heterocycles. The molecule has 0 saturated carbocycles. The fourth-order valence-electron chi connectivity index (χ4n) is 2.65. The summed E-state index contributed by atoms with van der Waals surface area (Å²) in [5, 5.41) is 2.22. The maximum absolute atomic E-state index is 5.96. The fourth-order valence-corrected chi connectivity index (χ4v) is 2.65. The molecule has 4 nitrogen and oxygen atoms in total. The highest BCUT2D eigenvalue weighted by Crippen LogP contribution is 2.32. The molecular formula is C18H14N2O2. The third kappa shape index (κ3) is 1.89. The van der Waals surface area contributed by atoms with Crippen molar-refractivity contribution < 1.29 is 9.15 Å². The average Bonchev–Trinajstić information content (AvgIpc) is 2.99. The highest BCUT2D eigenvalue weighted by molar-refractivity contribution is 6.03. The molecule has 0 atom stereocenters. The van der Waals surface area contributed by atoms with Gasteiger partial charge in [-0.05, 0) is 29.7 Å². The second kappa shape index (κ2) is 4.77. The van der Waals surface area contributed by atoms with E-state index in [1.165, 1.54) is 0 Å². The molecule has 0 spiro atoms.